The number of benzene rings is 1. The summed E-state index contributed by atoms with van der Waals surface area (Å²) < 4.78 is 1.80. The first-order valence-electron chi connectivity index (χ1n) is 6.00. The second-order valence-electron chi connectivity index (χ2n) is 4.07. The topological polar surface area (TPSA) is 69.6 Å². The van der Waals surface area contributed by atoms with Gasteiger partial charge in [0.2, 0.25) is 0 Å². The van der Waals surface area contributed by atoms with Crippen molar-refractivity contribution in [2.75, 3.05) is 0 Å². The number of hydrogen-bond donors (Lipinski definition) is 1. The Hall–Kier alpha value is -2.53. The molecule has 0 saturated heterocycles. The van der Waals surface area contributed by atoms with Gasteiger partial charge in [-0.25, -0.2) is 4.68 Å². The van der Waals surface area contributed by atoms with Crippen LogP contribution in [0, 0.1) is 0 Å². The number of nitrogens with zero attached hydrogens (tertiary/aromatic N) is 4. The van der Waals surface area contributed by atoms with Crippen molar-refractivity contribution in [1.29, 1.82) is 0 Å². The molecule has 0 aliphatic rings. The van der Waals surface area contributed by atoms with E-state index in [0.717, 1.165) is 22.6 Å². The third kappa shape index (κ3) is 2.11. The lowest BCUT2D eigenvalue weighted by Crippen LogP contribution is -2.02. The molecule has 2 N–H and O–H groups in total. The van der Waals surface area contributed by atoms with E-state index < -0.39 is 0 Å². The van der Waals surface area contributed by atoms with Gasteiger partial charge in [0.05, 0.1) is 11.4 Å². The quantitative estimate of drug-likeness (QED) is 0.770. The Morgan fingerprint density at radius 2 is 1.74 bits per heavy atom. The van der Waals surface area contributed by atoms with E-state index in [4.69, 9.17) is 5.73 Å². The standard InChI is InChI=1S/C14H13N5/c15-10-13-14(11-6-8-16-9-7-11)19(18-17-13)12-4-2-1-3-5-12/h1-9H,10,15H2. The Morgan fingerprint density at radius 1 is 1.00 bits per heavy atom. The van der Waals surface area contributed by atoms with Gasteiger partial charge in [-0.1, -0.05) is 23.4 Å². The van der Waals surface area contributed by atoms with Gasteiger partial charge in [-0.3, -0.25) is 4.98 Å². The van der Waals surface area contributed by atoms with Gasteiger partial charge in [-0.15, -0.1) is 5.10 Å². The van der Waals surface area contributed by atoms with Crippen molar-refractivity contribution in [3.63, 3.8) is 0 Å². The minimum Gasteiger partial charge on any atom is -0.325 e. The molecular formula is C14H13N5. The van der Waals surface area contributed by atoms with Crippen molar-refractivity contribution in [3.05, 3.63) is 60.6 Å². The third-order valence-electron chi connectivity index (χ3n) is 2.89. The molecule has 3 aromatic rings. The van der Waals surface area contributed by atoms with Crippen LogP contribution in [-0.2, 0) is 6.54 Å². The Kier molecular flexibility index (Phi) is 3.04. The van der Waals surface area contributed by atoms with Crippen LogP contribution < -0.4 is 5.73 Å². The highest BCUT2D eigenvalue weighted by atomic mass is 15.4. The first kappa shape index (κ1) is 11.6. The summed E-state index contributed by atoms with van der Waals surface area (Å²) in [6, 6.07) is 13.7. The minimum absolute atomic E-state index is 0.352. The van der Waals surface area contributed by atoms with Crippen LogP contribution in [0.1, 0.15) is 5.69 Å². The molecule has 2 heterocycles. The summed E-state index contributed by atoms with van der Waals surface area (Å²) in [6.45, 7) is 0.352. The molecule has 94 valence electrons. The van der Waals surface area contributed by atoms with Crippen molar-refractivity contribution in [2.24, 2.45) is 5.73 Å². The van der Waals surface area contributed by atoms with Crippen LogP contribution in [0.5, 0.6) is 0 Å². The molecule has 0 amide bonds. The summed E-state index contributed by atoms with van der Waals surface area (Å²) in [5, 5.41) is 8.35. The monoisotopic (exact) mass is 251 g/mol. The summed E-state index contributed by atoms with van der Waals surface area (Å²) in [4.78, 5) is 4.03. The van der Waals surface area contributed by atoms with Gasteiger partial charge < -0.3 is 5.73 Å². The molecule has 0 radical (unpaired) electrons. The number of nitrogens with two attached hydrogens (primary N) is 1. The molecule has 5 nitrogen and oxygen atoms in total. The number of pyridine rings is 1. The molecule has 0 spiro atoms. The zero-order chi connectivity index (χ0) is 13.1. The Bertz CT molecular complexity index is 661. The smallest absolute Gasteiger partial charge is 0.105 e. The van der Waals surface area contributed by atoms with E-state index in [0.29, 0.717) is 6.54 Å². The van der Waals surface area contributed by atoms with Crippen LogP contribution in [0.15, 0.2) is 54.9 Å². The first-order valence-corrected chi connectivity index (χ1v) is 6.00. The van der Waals surface area contributed by atoms with Crippen LogP contribution in [0.2, 0.25) is 0 Å². The lowest BCUT2D eigenvalue weighted by Gasteiger charge is -2.07. The number of aromatic nitrogens is 4. The maximum atomic E-state index is 5.75. The zero-order valence-corrected chi connectivity index (χ0v) is 10.3. The van der Waals surface area contributed by atoms with Crippen molar-refractivity contribution in [1.82, 2.24) is 20.0 Å². The molecule has 0 aliphatic carbocycles. The van der Waals surface area contributed by atoms with Crippen LogP contribution in [0.4, 0.5) is 0 Å². The number of rotatable bonds is 3. The third-order valence-corrected chi connectivity index (χ3v) is 2.89. The fourth-order valence-corrected chi connectivity index (χ4v) is 2.00. The normalized spacial score (nSPS) is 10.6. The molecule has 19 heavy (non-hydrogen) atoms. The van der Waals surface area contributed by atoms with Crippen LogP contribution in [-0.4, -0.2) is 20.0 Å². The van der Waals surface area contributed by atoms with E-state index in [2.05, 4.69) is 15.3 Å². The summed E-state index contributed by atoms with van der Waals surface area (Å²) in [6.07, 6.45) is 3.50. The van der Waals surface area contributed by atoms with Crippen molar-refractivity contribution in [2.45, 2.75) is 6.54 Å². The maximum Gasteiger partial charge on any atom is 0.105 e. The van der Waals surface area contributed by atoms with Crippen molar-refractivity contribution >= 4 is 0 Å². The molecular weight excluding hydrogens is 238 g/mol. The van der Waals surface area contributed by atoms with E-state index in [1.54, 1.807) is 17.1 Å². The predicted octanol–water partition coefficient (Wildman–Crippen LogP) is 1.79. The molecule has 0 atom stereocenters. The molecule has 2 aromatic heterocycles. The lowest BCUT2D eigenvalue weighted by atomic mass is 10.1. The Morgan fingerprint density at radius 3 is 2.42 bits per heavy atom. The number of hydrogen-bond acceptors (Lipinski definition) is 4. The maximum absolute atomic E-state index is 5.75. The molecule has 0 fully saturated rings. The molecule has 0 aliphatic heterocycles. The first-order chi connectivity index (χ1) is 9.40. The van der Waals surface area contributed by atoms with E-state index in [1.807, 2.05) is 42.5 Å². The molecule has 3 rings (SSSR count). The van der Waals surface area contributed by atoms with E-state index in [1.165, 1.54) is 0 Å². The fraction of sp³-hybridized carbons (Fsp3) is 0.0714. The average molecular weight is 251 g/mol. The highest BCUT2D eigenvalue weighted by molar-refractivity contribution is 5.63. The minimum atomic E-state index is 0.352. The zero-order valence-electron chi connectivity index (χ0n) is 10.3. The predicted molar refractivity (Wildman–Crippen MR) is 72.5 cm³/mol. The van der Waals surface area contributed by atoms with Gasteiger partial charge in [0.25, 0.3) is 0 Å². The Balaban J connectivity index is 2.20. The molecule has 1 aromatic carbocycles. The van der Waals surface area contributed by atoms with E-state index in [9.17, 15) is 0 Å². The van der Waals surface area contributed by atoms with Crippen molar-refractivity contribution in [3.8, 4) is 16.9 Å². The lowest BCUT2D eigenvalue weighted by molar-refractivity contribution is 0.800. The fourth-order valence-electron chi connectivity index (χ4n) is 2.00. The molecule has 0 saturated carbocycles. The summed E-state index contributed by atoms with van der Waals surface area (Å²) in [7, 11) is 0. The number of para-hydroxylation sites is 1. The second kappa shape index (κ2) is 4.99. The van der Waals surface area contributed by atoms with E-state index in [-0.39, 0.29) is 0 Å². The van der Waals surface area contributed by atoms with Crippen LogP contribution in [0.3, 0.4) is 0 Å². The molecule has 0 unspecified atom stereocenters. The largest absolute Gasteiger partial charge is 0.325 e. The summed E-state index contributed by atoms with van der Waals surface area (Å²) >= 11 is 0. The van der Waals surface area contributed by atoms with Crippen molar-refractivity contribution < 1.29 is 0 Å². The van der Waals surface area contributed by atoms with E-state index >= 15 is 0 Å². The SMILES string of the molecule is NCc1nnn(-c2ccccc2)c1-c1ccncc1. The second-order valence-corrected chi connectivity index (χ2v) is 4.07. The highest BCUT2D eigenvalue weighted by Gasteiger charge is 2.14. The van der Waals surface area contributed by atoms with Gasteiger partial charge in [0.1, 0.15) is 5.69 Å². The average Bonchev–Trinajstić information content (AvgIpc) is 2.93. The Labute approximate surface area is 110 Å². The molecule has 0 bridgehead atoms. The van der Waals surface area contributed by atoms with Crippen LogP contribution >= 0.6 is 0 Å². The highest BCUT2D eigenvalue weighted by Crippen LogP contribution is 2.24. The van der Waals surface area contributed by atoms with Gasteiger partial charge in [-0.2, -0.15) is 0 Å². The van der Waals surface area contributed by atoms with Gasteiger partial charge in [-0.05, 0) is 24.3 Å². The van der Waals surface area contributed by atoms with Crippen LogP contribution in [0.25, 0.3) is 16.9 Å². The van der Waals surface area contributed by atoms with Gasteiger partial charge >= 0.3 is 0 Å². The summed E-state index contributed by atoms with van der Waals surface area (Å²) in [5.74, 6) is 0. The van der Waals surface area contributed by atoms with Gasteiger partial charge in [0.15, 0.2) is 0 Å². The van der Waals surface area contributed by atoms with Gasteiger partial charge in [0, 0.05) is 24.5 Å². The summed E-state index contributed by atoms with van der Waals surface area (Å²) in [5.41, 5.74) is 9.40. The molecule has 5 heteroatoms.